The van der Waals surface area contributed by atoms with E-state index in [-0.39, 0.29) is 5.69 Å². The van der Waals surface area contributed by atoms with E-state index in [0.717, 1.165) is 30.3 Å². The molecule has 32 heavy (non-hydrogen) atoms. The Kier molecular flexibility index (Phi) is 7.51. The van der Waals surface area contributed by atoms with Crippen LogP contribution >= 0.6 is 11.6 Å². The number of ether oxygens (including phenoxy) is 2. The summed E-state index contributed by atoms with van der Waals surface area (Å²) >= 11 is 5.65. The molecule has 0 saturated heterocycles. The molecule has 6 nitrogen and oxygen atoms in total. The second kappa shape index (κ2) is 9.56. The quantitative estimate of drug-likeness (QED) is 0.531. The molecule has 0 aromatic heterocycles. The molecule has 0 radical (unpaired) electrons. The number of nitrogens with one attached hydrogen (secondary N) is 2. The standard InChI is InChI=1S/C17H9ClF8N2O4/c18-8-6-7(4-5-11(8)31-14(21)16(22,23)32-17(24,25)26)27-15(30)28-13(29)12-9(19)2-1-3-10(12)20/h1-6,14H,(H2,27,28,29,30). The van der Waals surface area contributed by atoms with Gasteiger partial charge in [-0.05, 0) is 30.3 Å². The van der Waals surface area contributed by atoms with Crippen LogP contribution in [0.5, 0.6) is 5.75 Å². The molecule has 15 heteroatoms. The minimum Gasteiger partial charge on any atom is -0.451 e. The number of carbonyl (C=O) groups excluding carboxylic acids is 2. The molecule has 0 saturated carbocycles. The Morgan fingerprint density at radius 1 is 1.00 bits per heavy atom. The van der Waals surface area contributed by atoms with Gasteiger partial charge in [0.05, 0.1) is 5.02 Å². The fraction of sp³-hybridized carbons (Fsp3) is 0.176. The number of urea groups is 1. The summed E-state index contributed by atoms with van der Waals surface area (Å²) < 4.78 is 109. The van der Waals surface area contributed by atoms with Gasteiger partial charge in [0, 0.05) is 5.69 Å². The SMILES string of the molecule is O=C(NC(=O)c1c(F)cccc1F)Nc1ccc(OC(F)C(F)(F)OC(F)(F)F)c(Cl)c1. The van der Waals surface area contributed by atoms with Gasteiger partial charge in [-0.2, -0.15) is 13.2 Å². The Bertz CT molecular complexity index is 998. The smallest absolute Gasteiger partial charge is 0.451 e. The molecule has 2 aromatic carbocycles. The van der Waals surface area contributed by atoms with Crippen LogP contribution in [-0.4, -0.2) is 30.8 Å². The van der Waals surface area contributed by atoms with Gasteiger partial charge in [0.25, 0.3) is 5.91 Å². The number of halogens is 9. The fourth-order valence-electron chi connectivity index (χ4n) is 2.10. The Morgan fingerprint density at radius 2 is 1.59 bits per heavy atom. The number of carbonyl (C=O) groups is 2. The number of hydrogen-bond acceptors (Lipinski definition) is 4. The van der Waals surface area contributed by atoms with Crippen LogP contribution in [0.1, 0.15) is 10.4 Å². The number of anilines is 1. The topological polar surface area (TPSA) is 76.7 Å². The molecule has 3 amide bonds. The second-order valence-corrected chi connectivity index (χ2v) is 6.10. The maximum absolute atomic E-state index is 13.5. The van der Waals surface area contributed by atoms with Gasteiger partial charge in [-0.3, -0.25) is 10.1 Å². The molecule has 0 spiro atoms. The Morgan fingerprint density at radius 3 is 2.12 bits per heavy atom. The Hall–Kier alpha value is -3.13. The highest BCUT2D eigenvalue weighted by atomic mass is 35.5. The van der Waals surface area contributed by atoms with Crippen molar-refractivity contribution in [2.75, 3.05) is 5.32 Å². The van der Waals surface area contributed by atoms with Crippen molar-refractivity contribution in [3.63, 3.8) is 0 Å². The van der Waals surface area contributed by atoms with E-state index in [4.69, 9.17) is 11.6 Å². The summed E-state index contributed by atoms with van der Waals surface area (Å²) in [5.41, 5.74) is -1.28. The summed E-state index contributed by atoms with van der Waals surface area (Å²) in [4.78, 5) is 23.6. The van der Waals surface area contributed by atoms with Gasteiger partial charge in [0.2, 0.25) is 0 Å². The molecule has 0 aliphatic rings. The first-order chi connectivity index (χ1) is 14.7. The van der Waals surface area contributed by atoms with Crippen molar-refractivity contribution >= 4 is 29.2 Å². The summed E-state index contributed by atoms with van der Waals surface area (Å²) in [6.07, 6.45) is -15.2. The van der Waals surface area contributed by atoms with E-state index in [2.05, 4.69) is 9.47 Å². The van der Waals surface area contributed by atoms with Crippen LogP contribution in [0.25, 0.3) is 0 Å². The maximum Gasteiger partial charge on any atom is 0.527 e. The zero-order chi connectivity index (χ0) is 24.3. The fourth-order valence-corrected chi connectivity index (χ4v) is 2.32. The molecule has 1 unspecified atom stereocenters. The van der Waals surface area contributed by atoms with Crippen molar-refractivity contribution in [3.8, 4) is 5.75 Å². The van der Waals surface area contributed by atoms with Gasteiger partial charge in [0.15, 0.2) is 0 Å². The molecule has 0 fully saturated rings. The van der Waals surface area contributed by atoms with Crippen LogP contribution in [0.4, 0.5) is 45.6 Å². The number of amides is 3. The molecule has 0 bridgehead atoms. The summed E-state index contributed by atoms with van der Waals surface area (Å²) in [5, 5.41) is 2.96. The number of hydrogen-bond donors (Lipinski definition) is 2. The highest BCUT2D eigenvalue weighted by Gasteiger charge is 2.53. The Balaban J connectivity index is 2.04. The van der Waals surface area contributed by atoms with Gasteiger partial charge < -0.3 is 10.1 Å². The summed E-state index contributed by atoms with van der Waals surface area (Å²) in [6, 6.07) is 3.61. The van der Waals surface area contributed by atoms with E-state index in [1.54, 1.807) is 5.32 Å². The van der Waals surface area contributed by atoms with Crippen molar-refractivity contribution in [2.24, 2.45) is 0 Å². The van der Waals surface area contributed by atoms with Crippen molar-refractivity contribution < 1.29 is 54.2 Å². The van der Waals surface area contributed by atoms with Gasteiger partial charge in [0.1, 0.15) is 22.9 Å². The van der Waals surface area contributed by atoms with Crippen LogP contribution in [0, 0.1) is 11.6 Å². The zero-order valence-electron chi connectivity index (χ0n) is 15.1. The third-order valence-corrected chi connectivity index (χ3v) is 3.65. The van der Waals surface area contributed by atoms with Crippen LogP contribution in [0.2, 0.25) is 5.02 Å². The van der Waals surface area contributed by atoms with Crippen LogP contribution in [-0.2, 0) is 4.74 Å². The van der Waals surface area contributed by atoms with Crippen molar-refractivity contribution in [3.05, 3.63) is 58.6 Å². The molecule has 2 rings (SSSR count). The van der Waals surface area contributed by atoms with Gasteiger partial charge in [-0.1, -0.05) is 17.7 Å². The lowest BCUT2D eigenvalue weighted by atomic mass is 10.2. The van der Waals surface area contributed by atoms with Crippen LogP contribution in [0.3, 0.4) is 0 Å². The molecule has 2 aromatic rings. The molecule has 0 aliphatic carbocycles. The van der Waals surface area contributed by atoms with E-state index in [9.17, 15) is 44.7 Å². The number of imide groups is 1. The van der Waals surface area contributed by atoms with Crippen LogP contribution < -0.4 is 15.4 Å². The first kappa shape index (κ1) is 25.1. The van der Waals surface area contributed by atoms with Crippen molar-refractivity contribution in [1.29, 1.82) is 0 Å². The number of alkyl halides is 6. The lowest BCUT2D eigenvalue weighted by molar-refractivity contribution is -0.449. The first-order valence-electron chi connectivity index (χ1n) is 8.01. The number of benzene rings is 2. The summed E-state index contributed by atoms with van der Waals surface area (Å²) in [7, 11) is 0. The molecule has 174 valence electrons. The minimum atomic E-state index is -5.86. The molecule has 2 N–H and O–H groups in total. The second-order valence-electron chi connectivity index (χ2n) is 5.69. The lowest BCUT2D eigenvalue weighted by Gasteiger charge is -2.22. The first-order valence-corrected chi connectivity index (χ1v) is 8.39. The monoisotopic (exact) mass is 492 g/mol. The molecular weight excluding hydrogens is 484 g/mol. The van der Waals surface area contributed by atoms with E-state index >= 15 is 0 Å². The average molecular weight is 493 g/mol. The number of rotatable bonds is 6. The summed E-state index contributed by atoms with van der Waals surface area (Å²) in [5.74, 6) is -4.77. The van der Waals surface area contributed by atoms with Crippen molar-refractivity contribution in [1.82, 2.24) is 5.32 Å². The van der Waals surface area contributed by atoms with Crippen LogP contribution in [0.15, 0.2) is 36.4 Å². The van der Waals surface area contributed by atoms with Crippen molar-refractivity contribution in [2.45, 2.75) is 18.8 Å². The van der Waals surface area contributed by atoms with E-state index in [1.165, 1.54) is 0 Å². The van der Waals surface area contributed by atoms with Gasteiger partial charge in [-0.15, -0.1) is 13.2 Å². The zero-order valence-corrected chi connectivity index (χ0v) is 15.8. The highest BCUT2D eigenvalue weighted by Crippen LogP contribution is 2.35. The maximum atomic E-state index is 13.5. The predicted octanol–water partition coefficient (Wildman–Crippen LogP) is 5.38. The third kappa shape index (κ3) is 6.68. The van der Waals surface area contributed by atoms with E-state index in [0.29, 0.717) is 6.07 Å². The molecule has 0 heterocycles. The van der Waals surface area contributed by atoms with E-state index in [1.807, 2.05) is 5.32 Å². The predicted molar refractivity (Wildman–Crippen MR) is 91.9 cm³/mol. The molecule has 0 aliphatic heterocycles. The highest BCUT2D eigenvalue weighted by molar-refractivity contribution is 6.32. The minimum absolute atomic E-state index is 0.240. The lowest BCUT2D eigenvalue weighted by Crippen LogP contribution is -2.41. The van der Waals surface area contributed by atoms with Gasteiger partial charge in [-0.25, -0.2) is 18.3 Å². The van der Waals surface area contributed by atoms with E-state index < -0.39 is 58.7 Å². The molecular formula is C17H9ClF8N2O4. The van der Waals surface area contributed by atoms with Gasteiger partial charge >= 0.3 is 24.9 Å². The average Bonchev–Trinajstić information content (AvgIpc) is 2.61. The normalized spacial score (nSPS) is 12.8. The summed E-state index contributed by atoms with van der Waals surface area (Å²) in [6.45, 7) is 0. The molecule has 1 atom stereocenters. The Labute approximate surface area is 178 Å². The third-order valence-electron chi connectivity index (χ3n) is 3.35. The largest absolute Gasteiger partial charge is 0.527 e.